The van der Waals surface area contributed by atoms with Crippen molar-refractivity contribution in [2.45, 2.75) is 0 Å². The third-order valence-corrected chi connectivity index (χ3v) is 13.1. The topological polar surface area (TPSA) is 17.8 Å². The molecule has 4 aromatic heterocycles. The molecule has 0 unspecified atom stereocenters. The summed E-state index contributed by atoms with van der Waals surface area (Å²) in [4.78, 5) is 5.48. The van der Waals surface area contributed by atoms with Crippen molar-refractivity contribution in [1.82, 2.24) is 9.55 Å². The molecule has 0 aliphatic heterocycles. The number of rotatable bonds is 2. The zero-order valence-corrected chi connectivity index (χ0v) is 28.9. The highest BCUT2D eigenvalue weighted by Crippen LogP contribution is 2.47. The molecule has 4 heterocycles. The standard InChI is InChI=1S/C47H26N2S2/c1-3-17-32-29(14-1)30-15-2-4-18-33(30)44-43(32)34-19-5-8-21-38(34)48-45(44)27-12-11-13-28(24-27)49-39-25-36-31-16-6-9-22-40(31)50-42(36)26-37(39)47-46(49)35-20-7-10-23-41(35)51-47/h1-26H. The molecule has 0 fully saturated rings. The molecule has 0 bridgehead atoms. The number of pyridine rings is 1. The van der Waals surface area contributed by atoms with Gasteiger partial charge in [0.1, 0.15) is 0 Å². The van der Waals surface area contributed by atoms with E-state index in [1.807, 2.05) is 22.7 Å². The monoisotopic (exact) mass is 682 g/mol. The van der Waals surface area contributed by atoms with Crippen LogP contribution in [0.2, 0.25) is 0 Å². The number of thiophene rings is 2. The smallest absolute Gasteiger partial charge is 0.0795 e. The van der Waals surface area contributed by atoms with Crippen molar-refractivity contribution in [1.29, 1.82) is 0 Å². The first-order valence-corrected chi connectivity index (χ1v) is 18.9. The first-order chi connectivity index (χ1) is 25.3. The minimum absolute atomic E-state index is 1.01. The van der Waals surface area contributed by atoms with Gasteiger partial charge < -0.3 is 4.57 Å². The lowest BCUT2D eigenvalue weighted by molar-refractivity contribution is 1.19. The van der Waals surface area contributed by atoms with Gasteiger partial charge in [-0.15, -0.1) is 22.7 Å². The minimum Gasteiger partial charge on any atom is -0.308 e. The number of nitrogens with zero attached hydrogens (tertiary/aromatic N) is 2. The second-order valence-electron chi connectivity index (χ2n) is 13.4. The number of para-hydroxylation sites is 1. The van der Waals surface area contributed by atoms with Crippen LogP contribution in [0, 0.1) is 0 Å². The Hall–Kier alpha value is -6.07. The van der Waals surface area contributed by atoms with Gasteiger partial charge in [0.2, 0.25) is 0 Å². The maximum Gasteiger partial charge on any atom is 0.0795 e. The van der Waals surface area contributed by atoms with Crippen LogP contribution in [-0.4, -0.2) is 9.55 Å². The van der Waals surface area contributed by atoms with Gasteiger partial charge in [0.05, 0.1) is 26.9 Å². The first-order valence-electron chi connectivity index (χ1n) is 17.3. The number of aromatic nitrogens is 2. The van der Waals surface area contributed by atoms with Gasteiger partial charge in [0, 0.05) is 63.1 Å². The fourth-order valence-corrected chi connectivity index (χ4v) is 10.9. The lowest BCUT2D eigenvalue weighted by Gasteiger charge is -2.17. The molecule has 51 heavy (non-hydrogen) atoms. The molecule has 4 heteroatoms. The Morgan fingerprint density at radius 1 is 0.412 bits per heavy atom. The summed E-state index contributed by atoms with van der Waals surface area (Å²) in [6.45, 7) is 0. The third-order valence-electron chi connectivity index (χ3n) is 10.7. The summed E-state index contributed by atoms with van der Waals surface area (Å²) >= 11 is 3.79. The number of hydrogen-bond acceptors (Lipinski definition) is 3. The van der Waals surface area contributed by atoms with Crippen LogP contribution in [0.5, 0.6) is 0 Å². The van der Waals surface area contributed by atoms with Crippen molar-refractivity contribution in [3.63, 3.8) is 0 Å². The highest BCUT2D eigenvalue weighted by Gasteiger charge is 2.22. The van der Waals surface area contributed by atoms with Crippen LogP contribution >= 0.6 is 22.7 Å². The van der Waals surface area contributed by atoms with Gasteiger partial charge >= 0.3 is 0 Å². The van der Waals surface area contributed by atoms with Gasteiger partial charge in [0.25, 0.3) is 0 Å². The van der Waals surface area contributed by atoms with Crippen molar-refractivity contribution in [2.75, 3.05) is 0 Å². The van der Waals surface area contributed by atoms with Crippen molar-refractivity contribution >= 4 is 117 Å². The summed E-state index contributed by atoms with van der Waals surface area (Å²) in [5.41, 5.74) is 6.79. The van der Waals surface area contributed by atoms with Gasteiger partial charge in [-0.05, 0) is 64.0 Å². The summed E-state index contributed by atoms with van der Waals surface area (Å²) in [6, 6.07) is 57.9. The van der Waals surface area contributed by atoms with E-state index in [9.17, 15) is 0 Å². The molecule has 0 aliphatic rings. The Morgan fingerprint density at radius 3 is 1.82 bits per heavy atom. The average molecular weight is 683 g/mol. The molecule has 12 rings (SSSR count). The van der Waals surface area contributed by atoms with Crippen LogP contribution in [0.1, 0.15) is 0 Å². The molecule has 0 radical (unpaired) electrons. The molecular weight excluding hydrogens is 657 g/mol. The maximum atomic E-state index is 5.48. The number of benzene rings is 8. The normalized spacial score (nSPS) is 12.3. The summed E-state index contributed by atoms with van der Waals surface area (Å²) < 4.78 is 7.82. The number of fused-ring (bicyclic) bond motifs is 16. The number of hydrogen-bond donors (Lipinski definition) is 0. The zero-order chi connectivity index (χ0) is 33.2. The summed E-state index contributed by atoms with van der Waals surface area (Å²) in [6.07, 6.45) is 0. The SMILES string of the molecule is c1cc(-c2nc3ccccc3c3c4ccccc4c4ccccc4c23)cc(-n2c3cc4c(cc3c3sc5ccccc5c32)sc2ccccc24)c1. The van der Waals surface area contributed by atoms with E-state index in [1.54, 1.807) is 0 Å². The van der Waals surface area contributed by atoms with Crippen molar-refractivity contribution in [2.24, 2.45) is 0 Å². The van der Waals surface area contributed by atoms with Crippen LogP contribution in [-0.2, 0) is 0 Å². The van der Waals surface area contributed by atoms with Gasteiger partial charge in [-0.25, -0.2) is 4.98 Å². The Bertz CT molecular complexity index is 3430. The second kappa shape index (κ2) is 10.2. The van der Waals surface area contributed by atoms with Gasteiger partial charge in [-0.2, -0.15) is 0 Å². The van der Waals surface area contributed by atoms with Gasteiger partial charge in [-0.1, -0.05) is 115 Å². The fourth-order valence-electron chi connectivity index (χ4n) is 8.58. The van der Waals surface area contributed by atoms with E-state index in [-0.39, 0.29) is 0 Å². The molecule has 0 N–H and O–H groups in total. The molecule has 0 amide bonds. The highest BCUT2D eigenvalue weighted by molar-refractivity contribution is 7.27. The first kappa shape index (κ1) is 27.7. The second-order valence-corrected chi connectivity index (χ2v) is 15.6. The maximum absolute atomic E-state index is 5.48. The molecule has 2 nitrogen and oxygen atoms in total. The van der Waals surface area contributed by atoms with Crippen LogP contribution in [0.3, 0.4) is 0 Å². The predicted molar refractivity (Wildman–Crippen MR) is 222 cm³/mol. The molecule has 0 spiro atoms. The lowest BCUT2D eigenvalue weighted by atomic mass is 9.90. The van der Waals surface area contributed by atoms with E-state index in [2.05, 4.69) is 162 Å². The quantitative estimate of drug-likeness (QED) is 0.166. The largest absolute Gasteiger partial charge is 0.308 e. The van der Waals surface area contributed by atoms with Crippen molar-refractivity contribution in [3.8, 4) is 16.9 Å². The van der Waals surface area contributed by atoms with Gasteiger partial charge in [-0.3, -0.25) is 0 Å². The van der Waals surface area contributed by atoms with Gasteiger partial charge in [0.15, 0.2) is 0 Å². The van der Waals surface area contributed by atoms with E-state index in [0.29, 0.717) is 0 Å². The molecule has 8 aromatic carbocycles. The Balaban J connectivity index is 1.22. The van der Waals surface area contributed by atoms with E-state index >= 15 is 0 Å². The Kier molecular flexibility index (Phi) is 5.56. The molecule has 0 aliphatic carbocycles. The molecule has 0 atom stereocenters. The summed E-state index contributed by atoms with van der Waals surface area (Å²) in [7, 11) is 0. The highest BCUT2D eigenvalue weighted by atomic mass is 32.1. The van der Waals surface area contributed by atoms with E-state index in [4.69, 9.17) is 4.98 Å². The molecule has 12 aromatic rings. The van der Waals surface area contributed by atoms with Crippen LogP contribution in [0.25, 0.3) is 112 Å². The lowest BCUT2D eigenvalue weighted by Crippen LogP contribution is -1.96. The van der Waals surface area contributed by atoms with Crippen LogP contribution in [0.4, 0.5) is 0 Å². The summed E-state index contributed by atoms with van der Waals surface area (Å²) in [5.74, 6) is 0. The minimum atomic E-state index is 1.01. The predicted octanol–water partition coefficient (Wildman–Crippen LogP) is 14.0. The van der Waals surface area contributed by atoms with E-state index < -0.39 is 0 Å². The van der Waals surface area contributed by atoms with E-state index in [1.165, 1.54) is 89.1 Å². The Labute approximate surface area is 300 Å². The molecule has 0 saturated carbocycles. The molecule has 236 valence electrons. The fraction of sp³-hybridized carbons (Fsp3) is 0. The molecular formula is C47H26N2S2. The van der Waals surface area contributed by atoms with Crippen LogP contribution < -0.4 is 0 Å². The summed E-state index contributed by atoms with van der Waals surface area (Å²) in [5, 5.41) is 13.9. The van der Waals surface area contributed by atoms with E-state index in [0.717, 1.165) is 22.5 Å². The Morgan fingerprint density at radius 2 is 1.04 bits per heavy atom. The van der Waals surface area contributed by atoms with Crippen molar-refractivity contribution in [3.05, 3.63) is 158 Å². The third kappa shape index (κ3) is 3.78. The van der Waals surface area contributed by atoms with Crippen molar-refractivity contribution < 1.29 is 0 Å². The zero-order valence-electron chi connectivity index (χ0n) is 27.2. The average Bonchev–Trinajstić information content (AvgIpc) is 3.85. The van der Waals surface area contributed by atoms with Crippen LogP contribution in [0.15, 0.2) is 158 Å². The molecule has 0 saturated heterocycles.